The molecule has 4 rings (SSSR count). The van der Waals surface area contributed by atoms with Crippen LogP contribution in [0.4, 0.5) is 14.5 Å². The number of nitrogens with zero attached hydrogens (tertiary/aromatic N) is 4. The number of amidine groups is 1. The van der Waals surface area contributed by atoms with E-state index in [9.17, 15) is 13.6 Å². The van der Waals surface area contributed by atoms with Gasteiger partial charge in [0.05, 0.1) is 23.3 Å². The molecule has 0 aliphatic heterocycles. The lowest BCUT2D eigenvalue weighted by Crippen LogP contribution is -2.52. The molecule has 162 valence electrons. The molecular formula is C21H23F2N7O. The topological polar surface area (TPSA) is 114 Å². The number of carbonyl (C=O) groups excluding carboxylic acids is 1. The molecule has 1 saturated carbocycles. The summed E-state index contributed by atoms with van der Waals surface area (Å²) in [5.74, 6) is 2.82. The van der Waals surface area contributed by atoms with Crippen molar-refractivity contribution in [2.75, 3.05) is 5.32 Å². The number of anilines is 1. The van der Waals surface area contributed by atoms with Crippen LogP contribution in [0, 0.1) is 13.8 Å². The molecule has 31 heavy (non-hydrogen) atoms. The van der Waals surface area contributed by atoms with Gasteiger partial charge in [-0.3, -0.25) is 4.79 Å². The van der Waals surface area contributed by atoms with Crippen LogP contribution >= 0.6 is 0 Å². The number of aryl methyl sites for hydroxylation is 2. The highest BCUT2D eigenvalue weighted by atomic mass is 19.3. The van der Waals surface area contributed by atoms with Crippen LogP contribution in [0.25, 0.3) is 5.52 Å². The Morgan fingerprint density at radius 3 is 2.74 bits per heavy atom. The zero-order valence-electron chi connectivity index (χ0n) is 17.1. The highest BCUT2D eigenvalue weighted by Crippen LogP contribution is 2.39. The molecule has 3 aromatic rings. The molecule has 1 amide bonds. The number of carbonyl (C=O) groups is 1. The standard InChI is InChI=1S/C21H23F2N7O/c1-12-5-6-29-18(7-12)16(11-26-29)20(31)27-17-8-14(4-3-13(17)2)19(24)28-30(25)15-9-21(22,23)10-15/h3-8,11,15H,9-10,25H2,1-2H3,(H2,24,28)(H,27,31). The summed E-state index contributed by atoms with van der Waals surface area (Å²) in [5.41, 5.74) is 10.1. The number of pyridine rings is 1. The number of hydrazone groups is 1. The molecule has 10 heteroatoms. The van der Waals surface area contributed by atoms with E-state index in [0.717, 1.165) is 16.2 Å². The molecule has 1 aromatic carbocycles. The number of nitrogens with two attached hydrogens (primary N) is 2. The zero-order valence-corrected chi connectivity index (χ0v) is 17.1. The Labute approximate surface area is 177 Å². The van der Waals surface area contributed by atoms with E-state index in [4.69, 9.17) is 11.6 Å². The van der Waals surface area contributed by atoms with E-state index in [2.05, 4.69) is 15.5 Å². The van der Waals surface area contributed by atoms with Gasteiger partial charge in [0.1, 0.15) is 0 Å². The molecule has 0 bridgehead atoms. The molecule has 0 spiro atoms. The predicted molar refractivity (Wildman–Crippen MR) is 114 cm³/mol. The number of benzene rings is 1. The van der Waals surface area contributed by atoms with E-state index in [1.807, 2.05) is 26.0 Å². The molecule has 1 aliphatic rings. The van der Waals surface area contributed by atoms with Gasteiger partial charge in [-0.25, -0.2) is 24.3 Å². The molecule has 5 N–H and O–H groups in total. The first-order valence-electron chi connectivity index (χ1n) is 9.75. The van der Waals surface area contributed by atoms with Crippen molar-refractivity contribution in [3.05, 3.63) is 65.0 Å². The third-order valence-corrected chi connectivity index (χ3v) is 5.37. The molecule has 0 radical (unpaired) electrons. The van der Waals surface area contributed by atoms with Crippen molar-refractivity contribution in [2.24, 2.45) is 16.7 Å². The van der Waals surface area contributed by atoms with Crippen molar-refractivity contribution in [2.45, 2.75) is 38.7 Å². The molecular weight excluding hydrogens is 404 g/mol. The number of hydrogen-bond acceptors (Lipinski definition) is 5. The third kappa shape index (κ3) is 4.19. The van der Waals surface area contributed by atoms with Crippen molar-refractivity contribution in [3.63, 3.8) is 0 Å². The summed E-state index contributed by atoms with van der Waals surface area (Å²) in [6, 6.07) is 8.42. The Kier molecular flexibility index (Phi) is 5.10. The second-order valence-electron chi connectivity index (χ2n) is 7.86. The molecule has 0 atom stereocenters. The highest BCUT2D eigenvalue weighted by molar-refractivity contribution is 6.09. The van der Waals surface area contributed by atoms with Gasteiger partial charge in [0.2, 0.25) is 0 Å². The fourth-order valence-corrected chi connectivity index (χ4v) is 3.45. The molecule has 2 aromatic heterocycles. The van der Waals surface area contributed by atoms with E-state index in [-0.39, 0.29) is 24.6 Å². The summed E-state index contributed by atoms with van der Waals surface area (Å²) in [6.45, 7) is 3.79. The smallest absolute Gasteiger partial charge is 0.259 e. The summed E-state index contributed by atoms with van der Waals surface area (Å²) in [7, 11) is 0. The lowest BCUT2D eigenvalue weighted by Gasteiger charge is -2.38. The maximum absolute atomic E-state index is 13.1. The van der Waals surface area contributed by atoms with Crippen LogP contribution in [0.2, 0.25) is 0 Å². The first kappa shape index (κ1) is 20.7. The van der Waals surface area contributed by atoms with E-state index >= 15 is 0 Å². The van der Waals surface area contributed by atoms with Crippen LogP contribution in [-0.4, -0.2) is 38.4 Å². The zero-order chi connectivity index (χ0) is 22.3. The quantitative estimate of drug-likeness (QED) is 0.251. The van der Waals surface area contributed by atoms with Crippen LogP contribution in [0.15, 0.2) is 47.8 Å². The first-order valence-corrected chi connectivity index (χ1v) is 9.75. The van der Waals surface area contributed by atoms with Crippen molar-refractivity contribution in [1.82, 2.24) is 14.7 Å². The van der Waals surface area contributed by atoms with Gasteiger partial charge < -0.3 is 11.1 Å². The number of amides is 1. The Balaban J connectivity index is 1.54. The number of alkyl halides is 2. The van der Waals surface area contributed by atoms with Crippen molar-refractivity contribution in [1.29, 1.82) is 0 Å². The molecule has 8 nitrogen and oxygen atoms in total. The summed E-state index contributed by atoms with van der Waals surface area (Å²) in [5, 5.41) is 12.1. The summed E-state index contributed by atoms with van der Waals surface area (Å²) in [6.07, 6.45) is 2.60. The maximum Gasteiger partial charge on any atom is 0.259 e. The fraction of sp³-hybridized carbons (Fsp3) is 0.286. The van der Waals surface area contributed by atoms with Gasteiger partial charge in [0.25, 0.3) is 11.8 Å². The van der Waals surface area contributed by atoms with Gasteiger partial charge >= 0.3 is 0 Å². The Hall–Kier alpha value is -3.53. The van der Waals surface area contributed by atoms with Crippen LogP contribution in [0.1, 0.15) is 39.9 Å². The third-order valence-electron chi connectivity index (χ3n) is 5.37. The fourth-order valence-electron chi connectivity index (χ4n) is 3.45. The minimum Gasteiger partial charge on any atom is -0.382 e. The van der Waals surface area contributed by atoms with Gasteiger partial charge in [0.15, 0.2) is 5.84 Å². The maximum atomic E-state index is 13.1. The lowest BCUT2D eigenvalue weighted by molar-refractivity contribution is -0.124. The van der Waals surface area contributed by atoms with Gasteiger partial charge in [-0.05, 0) is 43.2 Å². The minimum atomic E-state index is -2.70. The van der Waals surface area contributed by atoms with Gasteiger partial charge in [-0.15, -0.1) is 5.10 Å². The molecule has 1 aliphatic carbocycles. The average molecular weight is 427 g/mol. The van der Waals surface area contributed by atoms with Crippen LogP contribution in [-0.2, 0) is 0 Å². The van der Waals surface area contributed by atoms with Crippen LogP contribution in [0.3, 0.4) is 0 Å². The largest absolute Gasteiger partial charge is 0.382 e. The number of nitrogens with one attached hydrogen (secondary N) is 1. The van der Waals surface area contributed by atoms with E-state index in [1.54, 1.807) is 28.9 Å². The highest BCUT2D eigenvalue weighted by Gasteiger charge is 2.47. The summed E-state index contributed by atoms with van der Waals surface area (Å²) >= 11 is 0. The minimum absolute atomic E-state index is 0.0693. The molecule has 0 unspecified atom stereocenters. The van der Waals surface area contributed by atoms with Gasteiger partial charge in [-0.1, -0.05) is 12.1 Å². The average Bonchev–Trinajstić information content (AvgIpc) is 3.10. The number of halogens is 2. The number of hydrogen-bond donors (Lipinski definition) is 3. The molecule has 0 saturated heterocycles. The Morgan fingerprint density at radius 1 is 1.29 bits per heavy atom. The van der Waals surface area contributed by atoms with Crippen LogP contribution in [0.5, 0.6) is 0 Å². The molecule has 1 fully saturated rings. The second-order valence-corrected chi connectivity index (χ2v) is 7.86. The molecule has 2 heterocycles. The number of rotatable bonds is 5. The number of hydrazine groups is 1. The summed E-state index contributed by atoms with van der Waals surface area (Å²) < 4.78 is 27.7. The lowest BCUT2D eigenvalue weighted by atomic mass is 9.88. The number of aromatic nitrogens is 2. The first-order chi connectivity index (χ1) is 14.6. The van der Waals surface area contributed by atoms with Gasteiger partial charge in [0, 0.05) is 30.3 Å². The normalized spacial score (nSPS) is 16.2. The van der Waals surface area contributed by atoms with Crippen molar-refractivity contribution in [3.8, 4) is 0 Å². The van der Waals surface area contributed by atoms with E-state index < -0.39 is 12.0 Å². The predicted octanol–water partition coefficient (Wildman–Crippen LogP) is 2.80. The van der Waals surface area contributed by atoms with Crippen LogP contribution < -0.4 is 16.9 Å². The second kappa shape index (κ2) is 7.62. The number of fused-ring (bicyclic) bond motifs is 1. The van der Waals surface area contributed by atoms with E-state index in [0.29, 0.717) is 22.3 Å². The van der Waals surface area contributed by atoms with Crippen molar-refractivity contribution >= 4 is 22.9 Å². The SMILES string of the molecule is Cc1ccn2ncc(C(=O)Nc3cc(/C(N)=N/N(N)C4CC(F)(F)C4)ccc3C)c2c1. The Bertz CT molecular complexity index is 1180. The van der Waals surface area contributed by atoms with Crippen molar-refractivity contribution < 1.29 is 13.6 Å². The Morgan fingerprint density at radius 2 is 2.03 bits per heavy atom. The summed E-state index contributed by atoms with van der Waals surface area (Å²) in [4.78, 5) is 12.9. The van der Waals surface area contributed by atoms with Gasteiger partial charge in [-0.2, -0.15) is 5.10 Å². The van der Waals surface area contributed by atoms with E-state index in [1.165, 1.54) is 6.20 Å². The monoisotopic (exact) mass is 427 g/mol.